The summed E-state index contributed by atoms with van der Waals surface area (Å²) < 4.78 is 0. The van der Waals surface area contributed by atoms with Crippen LogP contribution in [0, 0.1) is 5.92 Å². The fourth-order valence-corrected chi connectivity index (χ4v) is 3.89. The van der Waals surface area contributed by atoms with Crippen LogP contribution in [0.3, 0.4) is 0 Å². The molecule has 1 unspecified atom stereocenters. The Labute approximate surface area is 105 Å². The minimum absolute atomic E-state index is 0.782. The molecule has 0 bridgehead atoms. The molecule has 0 radical (unpaired) electrons. The Morgan fingerprint density at radius 3 is 3.12 bits per heavy atom. The summed E-state index contributed by atoms with van der Waals surface area (Å²) in [4.78, 5) is 6.02. The molecule has 0 amide bonds. The first-order chi connectivity index (χ1) is 7.92. The van der Waals surface area contributed by atoms with Gasteiger partial charge in [-0.2, -0.15) is 0 Å². The van der Waals surface area contributed by atoms with E-state index in [9.17, 15) is 0 Å². The Bertz CT molecular complexity index is 368. The lowest BCUT2D eigenvalue weighted by Crippen LogP contribution is -2.22. The number of hydrogen-bond donors (Lipinski definition) is 1. The molecule has 2 heterocycles. The number of thiophene rings is 1. The van der Waals surface area contributed by atoms with Crippen molar-refractivity contribution in [1.82, 2.24) is 5.32 Å². The quantitative estimate of drug-likeness (QED) is 0.891. The van der Waals surface area contributed by atoms with Crippen LogP contribution in [0.5, 0.6) is 0 Å². The number of amidine groups is 1. The van der Waals surface area contributed by atoms with E-state index in [0.29, 0.717) is 0 Å². The van der Waals surface area contributed by atoms with Crippen molar-refractivity contribution < 1.29 is 0 Å². The van der Waals surface area contributed by atoms with Crippen molar-refractivity contribution in [2.75, 3.05) is 13.1 Å². The Balaban J connectivity index is 1.39. The zero-order valence-corrected chi connectivity index (χ0v) is 10.8. The first-order valence-corrected chi connectivity index (χ1v) is 7.65. The highest BCUT2D eigenvalue weighted by Gasteiger charge is 2.35. The van der Waals surface area contributed by atoms with Gasteiger partial charge in [-0.05, 0) is 36.6 Å². The second-order valence-electron chi connectivity index (χ2n) is 4.40. The van der Waals surface area contributed by atoms with Crippen LogP contribution in [0.4, 0.5) is 0 Å². The van der Waals surface area contributed by atoms with Gasteiger partial charge in [0.15, 0.2) is 5.17 Å². The number of thioether (sulfide) groups is 1. The summed E-state index contributed by atoms with van der Waals surface area (Å²) in [6, 6.07) is 4.31. The van der Waals surface area contributed by atoms with Crippen LogP contribution in [-0.2, 0) is 6.42 Å². The van der Waals surface area contributed by atoms with Gasteiger partial charge in [0.05, 0.1) is 6.54 Å². The third-order valence-corrected chi connectivity index (χ3v) is 5.32. The van der Waals surface area contributed by atoms with Crippen molar-refractivity contribution in [2.45, 2.75) is 24.5 Å². The maximum Gasteiger partial charge on any atom is 0.156 e. The molecule has 1 aliphatic carbocycles. The molecule has 0 spiro atoms. The fourth-order valence-electron chi connectivity index (χ4n) is 1.95. The van der Waals surface area contributed by atoms with Crippen LogP contribution in [0.15, 0.2) is 22.5 Å². The van der Waals surface area contributed by atoms with Crippen LogP contribution in [0.2, 0.25) is 0 Å². The van der Waals surface area contributed by atoms with Crippen molar-refractivity contribution in [1.29, 1.82) is 0 Å². The lowest BCUT2D eigenvalue weighted by atomic mass is 10.3. The average Bonchev–Trinajstić information content (AvgIpc) is 2.83. The first kappa shape index (κ1) is 10.7. The van der Waals surface area contributed by atoms with Gasteiger partial charge in [-0.1, -0.05) is 17.8 Å². The third kappa shape index (κ3) is 2.61. The van der Waals surface area contributed by atoms with Gasteiger partial charge in [0.2, 0.25) is 0 Å². The van der Waals surface area contributed by atoms with E-state index in [1.54, 1.807) is 0 Å². The van der Waals surface area contributed by atoms with E-state index in [0.717, 1.165) is 30.7 Å². The molecule has 1 atom stereocenters. The monoisotopic (exact) mass is 252 g/mol. The molecule has 0 saturated heterocycles. The average molecular weight is 252 g/mol. The summed E-state index contributed by atoms with van der Waals surface area (Å²) in [6.45, 7) is 2.06. The minimum Gasteiger partial charge on any atom is -0.365 e. The molecule has 1 N–H and O–H groups in total. The highest BCUT2D eigenvalue weighted by Crippen LogP contribution is 2.41. The van der Waals surface area contributed by atoms with E-state index >= 15 is 0 Å². The summed E-state index contributed by atoms with van der Waals surface area (Å²) in [7, 11) is 0. The molecule has 2 nitrogen and oxygen atoms in total. The topological polar surface area (TPSA) is 24.4 Å². The summed E-state index contributed by atoms with van der Waals surface area (Å²) in [5, 5.41) is 7.55. The number of nitrogens with zero attached hydrogens (tertiary/aromatic N) is 1. The number of rotatable bonds is 4. The summed E-state index contributed by atoms with van der Waals surface area (Å²) in [5.74, 6) is 0.963. The highest BCUT2D eigenvalue weighted by atomic mass is 32.2. The molecule has 86 valence electrons. The number of aliphatic imine (C=N–C) groups is 1. The van der Waals surface area contributed by atoms with Crippen LogP contribution in [-0.4, -0.2) is 23.5 Å². The second kappa shape index (κ2) is 4.80. The van der Waals surface area contributed by atoms with Crippen molar-refractivity contribution in [3.63, 3.8) is 0 Å². The fraction of sp³-hybridized carbons (Fsp3) is 0.583. The van der Waals surface area contributed by atoms with Gasteiger partial charge in [0.25, 0.3) is 0 Å². The molecule has 2 aliphatic rings. The Kier molecular flexibility index (Phi) is 3.20. The zero-order chi connectivity index (χ0) is 10.8. The van der Waals surface area contributed by atoms with E-state index in [2.05, 4.69) is 27.8 Å². The molecule has 0 aromatic carbocycles. The molecule has 1 aliphatic heterocycles. The molecule has 4 heteroatoms. The van der Waals surface area contributed by atoms with E-state index in [1.807, 2.05) is 23.1 Å². The molecule has 1 aromatic rings. The molecule has 3 rings (SSSR count). The lowest BCUT2D eigenvalue weighted by Gasteiger charge is -2.06. The summed E-state index contributed by atoms with van der Waals surface area (Å²) >= 11 is 3.79. The maximum atomic E-state index is 4.57. The number of nitrogens with one attached hydrogen (secondary N) is 1. The van der Waals surface area contributed by atoms with E-state index in [-0.39, 0.29) is 0 Å². The standard InChI is InChI=1S/C12H16N2S2/c1-2-10(15-7-1)5-6-13-12-14-8-11(16-12)9-3-4-9/h1-2,7,9,11H,3-6,8H2,(H,13,14). The molecule has 1 aromatic heterocycles. The molecule has 1 fully saturated rings. The van der Waals surface area contributed by atoms with Crippen molar-refractivity contribution in [2.24, 2.45) is 10.9 Å². The second-order valence-corrected chi connectivity index (χ2v) is 6.66. The minimum atomic E-state index is 0.782. The van der Waals surface area contributed by atoms with Crippen LogP contribution < -0.4 is 5.32 Å². The third-order valence-electron chi connectivity index (χ3n) is 3.05. The van der Waals surface area contributed by atoms with Gasteiger partial charge < -0.3 is 5.32 Å². The molecular weight excluding hydrogens is 236 g/mol. The van der Waals surface area contributed by atoms with Crippen molar-refractivity contribution >= 4 is 28.3 Å². The molecule has 1 saturated carbocycles. The largest absolute Gasteiger partial charge is 0.365 e. The van der Waals surface area contributed by atoms with Crippen molar-refractivity contribution in [3.8, 4) is 0 Å². The first-order valence-electron chi connectivity index (χ1n) is 5.89. The Morgan fingerprint density at radius 2 is 2.38 bits per heavy atom. The summed E-state index contributed by atoms with van der Waals surface area (Å²) in [5.41, 5.74) is 0. The number of hydrogen-bond acceptors (Lipinski definition) is 4. The normalized spacial score (nSPS) is 24.5. The Hall–Kier alpha value is -0.480. The predicted molar refractivity (Wildman–Crippen MR) is 72.4 cm³/mol. The van der Waals surface area contributed by atoms with E-state index in [1.165, 1.54) is 22.9 Å². The molecule has 16 heavy (non-hydrogen) atoms. The van der Waals surface area contributed by atoms with Gasteiger partial charge in [-0.25, -0.2) is 0 Å². The Morgan fingerprint density at radius 1 is 1.44 bits per heavy atom. The summed E-state index contributed by atoms with van der Waals surface area (Å²) in [6.07, 6.45) is 3.97. The van der Waals surface area contributed by atoms with Gasteiger partial charge >= 0.3 is 0 Å². The van der Waals surface area contributed by atoms with Crippen LogP contribution in [0.25, 0.3) is 0 Å². The van der Waals surface area contributed by atoms with E-state index in [4.69, 9.17) is 0 Å². The van der Waals surface area contributed by atoms with Gasteiger partial charge in [-0.3, -0.25) is 4.99 Å². The predicted octanol–water partition coefficient (Wildman–Crippen LogP) is 2.76. The zero-order valence-electron chi connectivity index (χ0n) is 9.19. The highest BCUT2D eigenvalue weighted by molar-refractivity contribution is 8.14. The van der Waals surface area contributed by atoms with Gasteiger partial charge in [0, 0.05) is 16.7 Å². The smallest absolute Gasteiger partial charge is 0.156 e. The lowest BCUT2D eigenvalue weighted by molar-refractivity contribution is 0.771. The maximum absolute atomic E-state index is 4.57. The SMILES string of the molecule is c1csc(CCNC2=NCC(C3CC3)S2)c1. The van der Waals surface area contributed by atoms with Gasteiger partial charge in [0.1, 0.15) is 0 Å². The van der Waals surface area contributed by atoms with Crippen molar-refractivity contribution in [3.05, 3.63) is 22.4 Å². The van der Waals surface area contributed by atoms with Crippen LogP contribution in [0.1, 0.15) is 17.7 Å². The molecular formula is C12H16N2S2. The van der Waals surface area contributed by atoms with Crippen LogP contribution >= 0.6 is 23.1 Å². The van der Waals surface area contributed by atoms with E-state index < -0.39 is 0 Å². The van der Waals surface area contributed by atoms with Gasteiger partial charge in [-0.15, -0.1) is 11.3 Å².